The SMILES string of the molecule is CCCc1nc2c(N)nc(C)c(C)c2n1CCCS(=O)c1ncccn1. The molecule has 3 aromatic heterocycles. The summed E-state index contributed by atoms with van der Waals surface area (Å²) in [4.78, 5) is 17.3. The summed E-state index contributed by atoms with van der Waals surface area (Å²) in [5.41, 5.74) is 9.93. The van der Waals surface area contributed by atoms with E-state index in [0.717, 1.165) is 53.9 Å². The second-order valence-electron chi connectivity index (χ2n) is 6.27. The van der Waals surface area contributed by atoms with Crippen LogP contribution in [0.3, 0.4) is 0 Å². The summed E-state index contributed by atoms with van der Waals surface area (Å²) < 4.78 is 14.6. The number of hydrogen-bond donors (Lipinski definition) is 1. The molecule has 0 aromatic carbocycles. The molecule has 1 atom stereocenters. The van der Waals surface area contributed by atoms with Crippen molar-refractivity contribution in [1.82, 2.24) is 24.5 Å². The molecule has 3 aromatic rings. The van der Waals surface area contributed by atoms with Crippen LogP contribution in [0.2, 0.25) is 0 Å². The Morgan fingerprint density at radius 3 is 2.62 bits per heavy atom. The number of imidazole rings is 1. The van der Waals surface area contributed by atoms with Gasteiger partial charge in [0.2, 0.25) is 5.16 Å². The number of rotatable bonds is 7. The van der Waals surface area contributed by atoms with E-state index in [1.54, 1.807) is 18.5 Å². The van der Waals surface area contributed by atoms with Crippen LogP contribution < -0.4 is 5.73 Å². The van der Waals surface area contributed by atoms with Crippen molar-refractivity contribution in [2.24, 2.45) is 0 Å². The third-order valence-electron chi connectivity index (χ3n) is 4.41. The number of hydrogen-bond acceptors (Lipinski definition) is 6. The van der Waals surface area contributed by atoms with Crippen LogP contribution in [0.1, 0.15) is 36.8 Å². The first-order chi connectivity index (χ1) is 12.5. The minimum absolute atomic E-state index is 0.386. The Morgan fingerprint density at radius 1 is 1.19 bits per heavy atom. The van der Waals surface area contributed by atoms with E-state index in [1.165, 1.54) is 0 Å². The number of anilines is 1. The fourth-order valence-electron chi connectivity index (χ4n) is 3.05. The van der Waals surface area contributed by atoms with Crippen LogP contribution in [-0.4, -0.2) is 34.5 Å². The van der Waals surface area contributed by atoms with Gasteiger partial charge in [-0.25, -0.2) is 19.9 Å². The molecular weight excluding hydrogens is 348 g/mol. The highest BCUT2D eigenvalue weighted by molar-refractivity contribution is 7.84. The Hall–Kier alpha value is -2.35. The molecule has 0 fully saturated rings. The molecule has 3 rings (SSSR count). The molecule has 0 spiro atoms. The minimum atomic E-state index is -1.20. The van der Waals surface area contributed by atoms with Gasteiger partial charge in [0.1, 0.15) is 11.3 Å². The quantitative estimate of drug-likeness (QED) is 0.640. The number of nitrogens with two attached hydrogens (primary N) is 1. The zero-order valence-corrected chi connectivity index (χ0v) is 16.2. The van der Waals surface area contributed by atoms with E-state index in [9.17, 15) is 4.21 Å². The molecule has 138 valence electrons. The fraction of sp³-hybridized carbons (Fsp3) is 0.444. The summed E-state index contributed by atoms with van der Waals surface area (Å²) in [6, 6.07) is 1.72. The van der Waals surface area contributed by atoms with Crippen molar-refractivity contribution in [3.63, 3.8) is 0 Å². The van der Waals surface area contributed by atoms with Crippen molar-refractivity contribution in [3.05, 3.63) is 35.5 Å². The van der Waals surface area contributed by atoms with Crippen molar-refractivity contribution in [2.75, 3.05) is 11.5 Å². The van der Waals surface area contributed by atoms with Gasteiger partial charge in [-0.15, -0.1) is 0 Å². The Labute approximate surface area is 155 Å². The predicted octanol–water partition coefficient (Wildman–Crippen LogP) is 2.57. The van der Waals surface area contributed by atoms with E-state index in [2.05, 4.69) is 26.4 Å². The summed E-state index contributed by atoms with van der Waals surface area (Å²) in [6.07, 6.45) is 5.85. The number of nitrogen functional groups attached to an aromatic ring is 1. The molecule has 0 aliphatic rings. The van der Waals surface area contributed by atoms with Gasteiger partial charge >= 0.3 is 0 Å². The number of pyridine rings is 1. The lowest BCUT2D eigenvalue weighted by atomic mass is 10.2. The van der Waals surface area contributed by atoms with Gasteiger partial charge in [-0.05, 0) is 38.3 Å². The third kappa shape index (κ3) is 3.60. The van der Waals surface area contributed by atoms with E-state index in [0.29, 0.717) is 16.7 Å². The van der Waals surface area contributed by atoms with Gasteiger partial charge in [-0.2, -0.15) is 0 Å². The summed E-state index contributed by atoms with van der Waals surface area (Å²) in [6.45, 7) is 6.87. The second kappa shape index (κ2) is 7.90. The summed E-state index contributed by atoms with van der Waals surface area (Å²) in [7, 11) is -1.20. The van der Waals surface area contributed by atoms with Crippen molar-refractivity contribution in [1.29, 1.82) is 0 Å². The fourth-order valence-corrected chi connectivity index (χ4v) is 3.98. The Kier molecular flexibility index (Phi) is 5.61. The second-order valence-corrected chi connectivity index (χ2v) is 7.73. The van der Waals surface area contributed by atoms with E-state index < -0.39 is 10.8 Å². The number of aromatic nitrogens is 5. The van der Waals surface area contributed by atoms with Gasteiger partial charge in [-0.1, -0.05) is 6.92 Å². The first-order valence-corrected chi connectivity index (χ1v) is 10.1. The highest BCUT2D eigenvalue weighted by atomic mass is 32.2. The van der Waals surface area contributed by atoms with E-state index in [4.69, 9.17) is 10.7 Å². The van der Waals surface area contributed by atoms with Gasteiger partial charge in [0.15, 0.2) is 5.82 Å². The van der Waals surface area contributed by atoms with Gasteiger partial charge in [0.05, 0.1) is 16.3 Å². The molecule has 8 heteroatoms. The van der Waals surface area contributed by atoms with Crippen LogP contribution in [0.5, 0.6) is 0 Å². The summed E-state index contributed by atoms with van der Waals surface area (Å²) in [5.74, 6) is 1.99. The van der Waals surface area contributed by atoms with Crippen LogP contribution in [0.15, 0.2) is 23.6 Å². The maximum Gasteiger partial charge on any atom is 0.218 e. The average molecular weight is 372 g/mol. The zero-order chi connectivity index (χ0) is 18.7. The molecule has 0 bridgehead atoms. The summed E-state index contributed by atoms with van der Waals surface area (Å²) >= 11 is 0. The normalized spacial score (nSPS) is 12.6. The number of fused-ring (bicyclic) bond motifs is 1. The van der Waals surface area contributed by atoms with Gasteiger partial charge in [-0.3, -0.25) is 4.21 Å². The van der Waals surface area contributed by atoms with Crippen LogP contribution in [0.4, 0.5) is 5.82 Å². The molecule has 0 aliphatic carbocycles. The lowest BCUT2D eigenvalue weighted by Crippen LogP contribution is -2.10. The number of aryl methyl sites for hydroxylation is 4. The molecule has 3 heterocycles. The van der Waals surface area contributed by atoms with Crippen LogP contribution >= 0.6 is 0 Å². The Morgan fingerprint density at radius 2 is 1.92 bits per heavy atom. The average Bonchev–Trinajstić information content (AvgIpc) is 3.00. The first-order valence-electron chi connectivity index (χ1n) is 8.80. The van der Waals surface area contributed by atoms with Crippen molar-refractivity contribution in [3.8, 4) is 0 Å². The molecule has 26 heavy (non-hydrogen) atoms. The van der Waals surface area contributed by atoms with Crippen molar-refractivity contribution >= 4 is 27.7 Å². The predicted molar refractivity (Wildman–Crippen MR) is 103 cm³/mol. The molecule has 0 amide bonds. The highest BCUT2D eigenvalue weighted by Gasteiger charge is 2.17. The van der Waals surface area contributed by atoms with E-state index in [1.807, 2.05) is 13.8 Å². The van der Waals surface area contributed by atoms with E-state index >= 15 is 0 Å². The Bertz CT molecular complexity index is 938. The molecule has 0 saturated carbocycles. The topological polar surface area (TPSA) is 99.6 Å². The van der Waals surface area contributed by atoms with Crippen LogP contribution in [-0.2, 0) is 23.8 Å². The van der Waals surface area contributed by atoms with Crippen LogP contribution in [0.25, 0.3) is 11.0 Å². The van der Waals surface area contributed by atoms with E-state index in [-0.39, 0.29) is 0 Å². The third-order valence-corrected chi connectivity index (χ3v) is 5.68. The first kappa shape index (κ1) is 18.4. The Balaban J connectivity index is 1.86. The zero-order valence-electron chi connectivity index (χ0n) is 15.4. The standard InChI is InChI=1S/C18H24N6OS/c1-4-7-14-23-15-16(12(2)13(3)22-17(15)19)24(14)10-6-11-26(25)18-20-8-5-9-21-18/h5,8-9H,4,6-7,10-11H2,1-3H3,(H2,19,22). The smallest absolute Gasteiger partial charge is 0.218 e. The molecule has 2 N–H and O–H groups in total. The van der Waals surface area contributed by atoms with Gasteiger partial charge in [0, 0.05) is 36.8 Å². The summed E-state index contributed by atoms with van der Waals surface area (Å²) in [5, 5.41) is 0.386. The van der Waals surface area contributed by atoms with Crippen LogP contribution in [0, 0.1) is 13.8 Å². The highest BCUT2D eigenvalue weighted by Crippen LogP contribution is 2.26. The lowest BCUT2D eigenvalue weighted by molar-refractivity contribution is 0.635. The largest absolute Gasteiger partial charge is 0.382 e. The lowest BCUT2D eigenvalue weighted by Gasteiger charge is -2.11. The molecular formula is C18H24N6OS. The monoisotopic (exact) mass is 372 g/mol. The van der Waals surface area contributed by atoms with Gasteiger partial charge < -0.3 is 10.3 Å². The molecule has 0 saturated heterocycles. The molecule has 7 nitrogen and oxygen atoms in total. The van der Waals surface area contributed by atoms with Crippen molar-refractivity contribution < 1.29 is 4.21 Å². The molecule has 0 aliphatic heterocycles. The van der Waals surface area contributed by atoms with Crippen molar-refractivity contribution in [2.45, 2.75) is 51.7 Å². The van der Waals surface area contributed by atoms with Gasteiger partial charge in [0.25, 0.3) is 0 Å². The number of nitrogens with zero attached hydrogens (tertiary/aromatic N) is 5. The minimum Gasteiger partial charge on any atom is -0.382 e. The maximum absolute atomic E-state index is 12.4. The maximum atomic E-state index is 12.4. The molecule has 1 unspecified atom stereocenters. The molecule has 0 radical (unpaired) electrons.